The molecule has 9 nitrogen and oxygen atoms in total. The Morgan fingerprint density at radius 1 is 0.919 bits per heavy atom. The molecule has 1 fully saturated rings. The van der Waals surface area contributed by atoms with Gasteiger partial charge in [0.1, 0.15) is 11.8 Å². The number of benzene rings is 3. The molecule has 1 saturated heterocycles. The third-order valence-electron chi connectivity index (χ3n) is 6.57. The molecule has 1 aliphatic heterocycles. The topological polar surface area (TPSA) is 122 Å². The zero-order valence-corrected chi connectivity index (χ0v) is 19.9. The molecule has 0 unspecified atom stereocenters. The van der Waals surface area contributed by atoms with E-state index in [9.17, 15) is 15.1 Å². The van der Waals surface area contributed by atoms with E-state index in [1.165, 1.54) is 16.8 Å². The first-order valence-electron chi connectivity index (χ1n) is 11.9. The minimum absolute atomic E-state index is 0.0803. The summed E-state index contributed by atoms with van der Waals surface area (Å²) in [6, 6.07) is 30.4. The predicted octanol–water partition coefficient (Wildman–Crippen LogP) is 4.51. The monoisotopic (exact) mass is 495 g/mol. The maximum absolute atomic E-state index is 12.4. The first-order valence-corrected chi connectivity index (χ1v) is 11.9. The normalized spacial score (nSPS) is 19.3. The van der Waals surface area contributed by atoms with Crippen LogP contribution in [0, 0.1) is 0 Å². The number of hydrogen-bond donors (Lipinski definition) is 1. The van der Waals surface area contributed by atoms with Gasteiger partial charge < -0.3 is 9.47 Å². The summed E-state index contributed by atoms with van der Waals surface area (Å²) in [6.45, 7) is 0.0803. The van der Waals surface area contributed by atoms with E-state index in [1.807, 2.05) is 91.0 Å². The van der Waals surface area contributed by atoms with E-state index in [0.29, 0.717) is 0 Å². The van der Waals surface area contributed by atoms with E-state index in [2.05, 4.69) is 15.0 Å². The number of nitrogens with one attached hydrogen (secondary N) is 1. The van der Waals surface area contributed by atoms with Crippen LogP contribution < -0.4 is 11.2 Å². The number of aromatic amines is 1. The van der Waals surface area contributed by atoms with Gasteiger partial charge in [0, 0.05) is 23.6 Å². The molecule has 4 aromatic rings. The summed E-state index contributed by atoms with van der Waals surface area (Å²) in [5, 5.41) is 3.94. The Labute approximate surface area is 212 Å². The minimum Gasteiger partial charge on any atom is -0.358 e. The van der Waals surface area contributed by atoms with Gasteiger partial charge in [-0.05, 0) is 22.2 Å². The summed E-state index contributed by atoms with van der Waals surface area (Å²) in [5.74, 6) is 0. The van der Waals surface area contributed by atoms with Crippen LogP contribution in [0.3, 0.4) is 0 Å². The van der Waals surface area contributed by atoms with E-state index in [1.54, 1.807) is 0 Å². The minimum atomic E-state index is -0.971. The standard InChI is InChI=1S/C28H25N5O4/c29-32-31-23-18-26(33-17-16-25(34)30-27(33)35)37-24(23)19-36-28(20-10-4-1-5-11-20,21-12-6-2-7-13-21)22-14-8-3-9-15-22/h1-17,23-24,26H,18-19H2,(H,30,34,35)/t23-,24+,26-/m1/s1. The lowest BCUT2D eigenvalue weighted by molar-refractivity contribution is -0.0796. The van der Waals surface area contributed by atoms with Gasteiger partial charge in [0.25, 0.3) is 5.56 Å². The van der Waals surface area contributed by atoms with Crippen molar-refractivity contribution < 1.29 is 9.47 Å². The van der Waals surface area contributed by atoms with E-state index >= 15 is 0 Å². The summed E-state index contributed by atoms with van der Waals surface area (Å²) in [5.41, 5.74) is 9.93. The second kappa shape index (κ2) is 10.7. The third-order valence-corrected chi connectivity index (χ3v) is 6.57. The van der Waals surface area contributed by atoms with Crippen LogP contribution in [0.5, 0.6) is 0 Å². The van der Waals surface area contributed by atoms with Gasteiger partial charge in [0.2, 0.25) is 0 Å². The molecule has 186 valence electrons. The number of rotatable bonds is 8. The number of hydrogen-bond acceptors (Lipinski definition) is 5. The van der Waals surface area contributed by atoms with E-state index in [4.69, 9.17) is 9.47 Å². The molecule has 0 amide bonds. The summed E-state index contributed by atoms with van der Waals surface area (Å²) in [6.07, 6.45) is 0.298. The van der Waals surface area contributed by atoms with Gasteiger partial charge in [-0.15, -0.1) is 0 Å². The molecule has 3 aromatic carbocycles. The molecule has 9 heteroatoms. The number of azide groups is 1. The van der Waals surface area contributed by atoms with Crippen LogP contribution in [0.2, 0.25) is 0 Å². The lowest BCUT2D eigenvalue weighted by Gasteiger charge is -2.37. The summed E-state index contributed by atoms with van der Waals surface area (Å²) < 4.78 is 14.3. The molecule has 3 atom stereocenters. The first kappa shape index (κ1) is 24.3. The summed E-state index contributed by atoms with van der Waals surface area (Å²) in [7, 11) is 0. The Balaban J connectivity index is 1.54. The SMILES string of the molecule is [N-]=[N+]=N[C@@H]1C[C@H](n2ccc(=O)[nH]c2=O)O[C@H]1COC(c1ccccc1)(c1ccccc1)c1ccccc1. The Morgan fingerprint density at radius 2 is 1.46 bits per heavy atom. The van der Waals surface area contributed by atoms with Gasteiger partial charge >= 0.3 is 5.69 Å². The Kier molecular flexibility index (Phi) is 7.00. The van der Waals surface area contributed by atoms with Crippen LogP contribution >= 0.6 is 0 Å². The zero-order chi connectivity index (χ0) is 25.7. The molecular weight excluding hydrogens is 470 g/mol. The van der Waals surface area contributed by atoms with Crippen molar-refractivity contribution in [2.45, 2.75) is 30.4 Å². The zero-order valence-electron chi connectivity index (χ0n) is 19.9. The molecule has 37 heavy (non-hydrogen) atoms. The fourth-order valence-corrected chi connectivity index (χ4v) is 4.85. The van der Waals surface area contributed by atoms with Crippen molar-refractivity contribution in [3.8, 4) is 0 Å². The summed E-state index contributed by atoms with van der Waals surface area (Å²) in [4.78, 5) is 29.1. The van der Waals surface area contributed by atoms with Gasteiger partial charge in [0.05, 0.1) is 18.8 Å². The van der Waals surface area contributed by atoms with Crippen LogP contribution in [-0.2, 0) is 15.1 Å². The predicted molar refractivity (Wildman–Crippen MR) is 138 cm³/mol. The largest absolute Gasteiger partial charge is 0.358 e. The highest BCUT2D eigenvalue weighted by Crippen LogP contribution is 2.41. The van der Waals surface area contributed by atoms with Crippen molar-refractivity contribution in [2.75, 3.05) is 6.61 Å². The average molecular weight is 496 g/mol. The lowest BCUT2D eigenvalue weighted by atomic mass is 9.80. The summed E-state index contributed by atoms with van der Waals surface area (Å²) >= 11 is 0. The van der Waals surface area contributed by atoms with E-state index in [-0.39, 0.29) is 13.0 Å². The van der Waals surface area contributed by atoms with E-state index < -0.39 is 35.2 Å². The van der Waals surface area contributed by atoms with Gasteiger partial charge in [-0.25, -0.2) is 4.79 Å². The molecule has 1 aliphatic rings. The number of aromatic nitrogens is 2. The fourth-order valence-electron chi connectivity index (χ4n) is 4.85. The van der Waals surface area contributed by atoms with Gasteiger partial charge in [-0.3, -0.25) is 14.3 Å². The highest BCUT2D eigenvalue weighted by molar-refractivity contribution is 5.47. The van der Waals surface area contributed by atoms with Gasteiger partial charge in [-0.2, -0.15) is 0 Å². The van der Waals surface area contributed by atoms with Crippen molar-refractivity contribution in [3.05, 3.63) is 151 Å². The third kappa shape index (κ3) is 4.83. The van der Waals surface area contributed by atoms with Crippen LogP contribution in [0.25, 0.3) is 10.4 Å². The molecule has 5 rings (SSSR count). The van der Waals surface area contributed by atoms with Gasteiger partial charge in [0.15, 0.2) is 0 Å². The van der Waals surface area contributed by atoms with Crippen LogP contribution in [-0.4, -0.2) is 28.3 Å². The van der Waals surface area contributed by atoms with Crippen LogP contribution in [0.4, 0.5) is 0 Å². The Bertz CT molecular complexity index is 1400. The first-order chi connectivity index (χ1) is 18.1. The average Bonchev–Trinajstić information content (AvgIpc) is 3.33. The highest BCUT2D eigenvalue weighted by Gasteiger charge is 2.42. The molecule has 0 bridgehead atoms. The Morgan fingerprint density at radius 3 is 1.95 bits per heavy atom. The number of ether oxygens (including phenoxy) is 2. The second-order valence-corrected chi connectivity index (χ2v) is 8.74. The molecule has 0 saturated carbocycles. The lowest BCUT2D eigenvalue weighted by Crippen LogP contribution is -2.37. The van der Waals surface area contributed by atoms with E-state index in [0.717, 1.165) is 16.7 Å². The molecule has 0 spiro atoms. The quantitative estimate of drug-likeness (QED) is 0.167. The van der Waals surface area contributed by atoms with Crippen LogP contribution in [0.15, 0.2) is 118 Å². The van der Waals surface area contributed by atoms with Crippen molar-refractivity contribution in [1.82, 2.24) is 9.55 Å². The smallest absolute Gasteiger partial charge is 0.330 e. The maximum atomic E-state index is 12.4. The van der Waals surface area contributed by atoms with Crippen molar-refractivity contribution in [2.24, 2.45) is 5.11 Å². The van der Waals surface area contributed by atoms with Gasteiger partial charge in [-0.1, -0.05) is 96.1 Å². The Hall–Kier alpha value is -4.43. The fraction of sp³-hybridized carbons (Fsp3) is 0.214. The molecule has 0 aliphatic carbocycles. The highest BCUT2D eigenvalue weighted by atomic mass is 16.6. The maximum Gasteiger partial charge on any atom is 0.330 e. The molecule has 1 aromatic heterocycles. The van der Waals surface area contributed by atoms with Crippen molar-refractivity contribution in [1.29, 1.82) is 0 Å². The van der Waals surface area contributed by atoms with Crippen molar-refractivity contribution in [3.63, 3.8) is 0 Å². The molecule has 1 N–H and O–H groups in total. The van der Waals surface area contributed by atoms with Crippen molar-refractivity contribution >= 4 is 0 Å². The molecule has 2 heterocycles. The van der Waals surface area contributed by atoms with Crippen LogP contribution in [0.1, 0.15) is 29.3 Å². The second-order valence-electron chi connectivity index (χ2n) is 8.74. The molecular formula is C28H25N5O4. The number of nitrogens with zero attached hydrogens (tertiary/aromatic N) is 4. The number of H-pyrrole nitrogens is 1. The molecule has 0 radical (unpaired) electrons.